The number of carbonyl (C=O) groups is 1. The molecule has 1 aromatic rings. The predicted molar refractivity (Wildman–Crippen MR) is 83.1 cm³/mol. The lowest BCUT2D eigenvalue weighted by Gasteiger charge is -2.21. The smallest absolute Gasteiger partial charge is 0.251 e. The van der Waals surface area contributed by atoms with Gasteiger partial charge in [0.05, 0.1) is 0 Å². The summed E-state index contributed by atoms with van der Waals surface area (Å²) in [5, 5.41) is 6.16. The molecule has 4 heteroatoms. The largest absolute Gasteiger partial charge is 0.388 e. The van der Waals surface area contributed by atoms with Crippen LogP contribution in [0.5, 0.6) is 0 Å². The van der Waals surface area contributed by atoms with E-state index in [1.807, 2.05) is 43.9 Å². The van der Waals surface area contributed by atoms with Crippen molar-refractivity contribution in [1.82, 2.24) is 5.32 Å². The Bertz CT molecular complexity index is 442. The van der Waals surface area contributed by atoms with Gasteiger partial charge in [-0.25, -0.2) is 0 Å². The summed E-state index contributed by atoms with van der Waals surface area (Å²) >= 11 is 2.02. The molecular weight excluding hydrogens is 256 g/mol. The highest BCUT2D eigenvalue weighted by Crippen LogP contribution is 2.22. The van der Waals surface area contributed by atoms with E-state index in [4.69, 9.17) is 0 Å². The first-order valence-corrected chi connectivity index (χ1v) is 8.00. The van der Waals surface area contributed by atoms with Crippen molar-refractivity contribution < 1.29 is 4.79 Å². The summed E-state index contributed by atoms with van der Waals surface area (Å²) in [5.41, 5.74) is 2.84. The highest BCUT2D eigenvalue weighted by molar-refractivity contribution is 7.99. The van der Waals surface area contributed by atoms with Gasteiger partial charge in [0.1, 0.15) is 0 Å². The number of hydrogen-bond acceptors (Lipinski definition) is 3. The summed E-state index contributed by atoms with van der Waals surface area (Å²) in [6.45, 7) is 2.79. The minimum Gasteiger partial charge on any atom is -0.388 e. The van der Waals surface area contributed by atoms with Gasteiger partial charge in [0, 0.05) is 24.8 Å². The summed E-state index contributed by atoms with van der Waals surface area (Å²) in [7, 11) is 1.88. The molecule has 1 aliphatic heterocycles. The average Bonchev–Trinajstić information content (AvgIpc) is 2.45. The number of nitrogens with one attached hydrogen (secondary N) is 2. The molecule has 1 saturated heterocycles. The van der Waals surface area contributed by atoms with Crippen LogP contribution in [0.15, 0.2) is 18.2 Å². The molecule has 1 amide bonds. The van der Waals surface area contributed by atoms with Crippen molar-refractivity contribution in [2.45, 2.75) is 19.8 Å². The van der Waals surface area contributed by atoms with Crippen LogP contribution in [0.3, 0.4) is 0 Å². The van der Waals surface area contributed by atoms with Crippen molar-refractivity contribution >= 4 is 23.4 Å². The number of rotatable bonds is 4. The van der Waals surface area contributed by atoms with E-state index in [2.05, 4.69) is 10.6 Å². The van der Waals surface area contributed by atoms with Crippen molar-refractivity contribution in [3.63, 3.8) is 0 Å². The maximum absolute atomic E-state index is 12.2. The minimum absolute atomic E-state index is 0.0541. The summed E-state index contributed by atoms with van der Waals surface area (Å²) in [6, 6.07) is 5.85. The van der Waals surface area contributed by atoms with Gasteiger partial charge in [0.25, 0.3) is 5.91 Å². The Morgan fingerprint density at radius 3 is 2.74 bits per heavy atom. The molecule has 0 aromatic heterocycles. The number of hydrogen-bond donors (Lipinski definition) is 2. The second kappa shape index (κ2) is 6.85. The van der Waals surface area contributed by atoms with Crippen LogP contribution in [-0.2, 0) is 0 Å². The van der Waals surface area contributed by atoms with Gasteiger partial charge in [-0.2, -0.15) is 11.8 Å². The highest BCUT2D eigenvalue weighted by atomic mass is 32.2. The lowest BCUT2D eigenvalue weighted by Crippen LogP contribution is -2.31. The fraction of sp³-hybridized carbons (Fsp3) is 0.533. The quantitative estimate of drug-likeness (QED) is 0.890. The number of anilines is 1. The zero-order chi connectivity index (χ0) is 13.7. The fourth-order valence-corrected chi connectivity index (χ4v) is 3.56. The van der Waals surface area contributed by atoms with Gasteiger partial charge >= 0.3 is 0 Å². The Labute approximate surface area is 119 Å². The molecule has 1 aliphatic rings. The predicted octanol–water partition coefficient (Wildman–Crippen LogP) is 2.91. The van der Waals surface area contributed by atoms with Gasteiger partial charge in [0.2, 0.25) is 0 Å². The molecule has 3 nitrogen and oxygen atoms in total. The van der Waals surface area contributed by atoms with E-state index in [1.54, 1.807) is 0 Å². The monoisotopic (exact) mass is 278 g/mol. The first kappa shape index (κ1) is 14.3. The Hall–Kier alpha value is -1.16. The van der Waals surface area contributed by atoms with Gasteiger partial charge < -0.3 is 10.6 Å². The molecule has 104 valence electrons. The lowest BCUT2D eigenvalue weighted by atomic mass is 10.0. The zero-order valence-electron chi connectivity index (χ0n) is 11.7. The Morgan fingerprint density at radius 1 is 1.37 bits per heavy atom. The Morgan fingerprint density at radius 2 is 2.11 bits per heavy atom. The van der Waals surface area contributed by atoms with E-state index < -0.39 is 0 Å². The average molecular weight is 278 g/mol. The van der Waals surface area contributed by atoms with Crippen molar-refractivity contribution in [1.29, 1.82) is 0 Å². The summed E-state index contributed by atoms with van der Waals surface area (Å²) in [5.74, 6) is 3.17. The third kappa shape index (κ3) is 3.90. The molecule has 0 spiro atoms. The number of carbonyl (C=O) groups excluding carboxylic acids is 1. The summed E-state index contributed by atoms with van der Waals surface area (Å²) in [6.07, 6.45) is 2.45. The van der Waals surface area contributed by atoms with Crippen LogP contribution in [-0.4, -0.2) is 31.0 Å². The SMILES string of the molecule is CNc1ccc(C(=O)NCC2CCSCC2)c(C)c1. The van der Waals surface area contributed by atoms with Gasteiger partial charge in [-0.1, -0.05) is 0 Å². The van der Waals surface area contributed by atoms with E-state index in [-0.39, 0.29) is 5.91 Å². The maximum Gasteiger partial charge on any atom is 0.251 e. The maximum atomic E-state index is 12.2. The molecule has 0 bridgehead atoms. The first-order valence-electron chi connectivity index (χ1n) is 6.85. The van der Waals surface area contributed by atoms with Gasteiger partial charge in [0.15, 0.2) is 0 Å². The standard InChI is InChI=1S/C15H22N2OS/c1-11-9-13(16-2)3-4-14(11)15(18)17-10-12-5-7-19-8-6-12/h3-4,9,12,16H,5-8,10H2,1-2H3,(H,17,18). The molecule has 1 heterocycles. The Kier molecular flexibility index (Phi) is 5.14. The van der Waals surface area contributed by atoms with E-state index in [0.717, 1.165) is 23.4 Å². The molecule has 0 aliphatic carbocycles. The van der Waals surface area contributed by atoms with Crippen LogP contribution >= 0.6 is 11.8 Å². The number of amides is 1. The minimum atomic E-state index is 0.0541. The fourth-order valence-electron chi connectivity index (χ4n) is 2.36. The zero-order valence-corrected chi connectivity index (χ0v) is 12.5. The van der Waals surface area contributed by atoms with E-state index >= 15 is 0 Å². The molecular formula is C15H22N2OS. The van der Waals surface area contributed by atoms with Gasteiger partial charge in [-0.3, -0.25) is 4.79 Å². The second-order valence-electron chi connectivity index (χ2n) is 5.05. The van der Waals surface area contributed by atoms with Crippen LogP contribution in [0.2, 0.25) is 0 Å². The number of thioether (sulfide) groups is 1. The molecule has 0 unspecified atom stereocenters. The van der Waals surface area contributed by atoms with E-state index in [0.29, 0.717) is 5.92 Å². The van der Waals surface area contributed by atoms with E-state index in [1.165, 1.54) is 24.3 Å². The number of benzene rings is 1. The van der Waals surface area contributed by atoms with Crippen LogP contribution in [0.25, 0.3) is 0 Å². The molecule has 19 heavy (non-hydrogen) atoms. The molecule has 2 N–H and O–H groups in total. The lowest BCUT2D eigenvalue weighted by molar-refractivity contribution is 0.0946. The summed E-state index contributed by atoms with van der Waals surface area (Å²) in [4.78, 5) is 12.2. The molecule has 1 fully saturated rings. The van der Waals surface area contributed by atoms with Crippen molar-refractivity contribution in [2.24, 2.45) is 5.92 Å². The van der Waals surface area contributed by atoms with Crippen molar-refractivity contribution in [3.05, 3.63) is 29.3 Å². The Balaban J connectivity index is 1.92. The molecule has 0 saturated carbocycles. The number of aryl methyl sites for hydroxylation is 1. The summed E-state index contributed by atoms with van der Waals surface area (Å²) < 4.78 is 0. The topological polar surface area (TPSA) is 41.1 Å². The third-order valence-electron chi connectivity index (χ3n) is 3.65. The molecule has 0 radical (unpaired) electrons. The second-order valence-corrected chi connectivity index (χ2v) is 6.27. The molecule has 2 rings (SSSR count). The third-order valence-corrected chi connectivity index (χ3v) is 4.70. The first-order chi connectivity index (χ1) is 9.20. The van der Waals surface area contributed by atoms with Crippen LogP contribution in [0.1, 0.15) is 28.8 Å². The van der Waals surface area contributed by atoms with Crippen molar-refractivity contribution in [2.75, 3.05) is 30.4 Å². The van der Waals surface area contributed by atoms with Gasteiger partial charge in [-0.05, 0) is 61.0 Å². The van der Waals surface area contributed by atoms with Crippen molar-refractivity contribution in [3.8, 4) is 0 Å². The van der Waals surface area contributed by atoms with Crippen LogP contribution in [0.4, 0.5) is 5.69 Å². The van der Waals surface area contributed by atoms with E-state index in [9.17, 15) is 4.79 Å². The highest BCUT2D eigenvalue weighted by Gasteiger charge is 2.15. The molecule has 0 atom stereocenters. The van der Waals surface area contributed by atoms with Gasteiger partial charge in [-0.15, -0.1) is 0 Å². The molecule has 1 aromatic carbocycles. The normalized spacial score (nSPS) is 16.1. The van der Waals surface area contributed by atoms with Crippen LogP contribution < -0.4 is 10.6 Å². The van der Waals surface area contributed by atoms with Crippen LogP contribution in [0, 0.1) is 12.8 Å².